The fourth-order valence-corrected chi connectivity index (χ4v) is 1.89. The van der Waals surface area contributed by atoms with E-state index in [-0.39, 0.29) is 6.09 Å². The van der Waals surface area contributed by atoms with Crippen LogP contribution in [0.1, 0.15) is 26.3 Å². The van der Waals surface area contributed by atoms with E-state index in [0.717, 1.165) is 11.0 Å². The second kappa shape index (κ2) is 7.50. The third-order valence-corrected chi connectivity index (χ3v) is 2.68. The average Bonchev–Trinajstić information content (AvgIpc) is 2.26. The molecule has 5 heteroatoms. The molecule has 0 bridgehead atoms. The molecule has 1 aromatic carbocycles. The van der Waals surface area contributed by atoms with E-state index >= 15 is 0 Å². The van der Waals surface area contributed by atoms with Crippen molar-refractivity contribution in [1.29, 1.82) is 0 Å². The molecular formula is C14H21BrN2O2. The Balaban J connectivity index is 2.13. The molecule has 0 spiro atoms. The molecule has 0 saturated heterocycles. The molecule has 0 aliphatic rings. The van der Waals surface area contributed by atoms with Crippen molar-refractivity contribution in [2.75, 3.05) is 13.1 Å². The average molecular weight is 329 g/mol. The van der Waals surface area contributed by atoms with Gasteiger partial charge in [0.25, 0.3) is 0 Å². The number of nitrogens with one attached hydrogen (secondary N) is 2. The summed E-state index contributed by atoms with van der Waals surface area (Å²) in [7, 11) is 0. The van der Waals surface area contributed by atoms with Crippen molar-refractivity contribution >= 4 is 22.0 Å². The van der Waals surface area contributed by atoms with E-state index in [0.29, 0.717) is 13.1 Å². The second-order valence-electron chi connectivity index (χ2n) is 5.24. The molecule has 1 amide bonds. The lowest BCUT2D eigenvalue weighted by Gasteiger charge is -2.19. The van der Waals surface area contributed by atoms with E-state index in [2.05, 4.69) is 38.7 Å². The molecule has 4 nitrogen and oxygen atoms in total. The minimum absolute atomic E-state index is 0.378. The van der Waals surface area contributed by atoms with Gasteiger partial charge in [0, 0.05) is 24.1 Å². The van der Waals surface area contributed by atoms with Crippen LogP contribution in [0.3, 0.4) is 0 Å². The molecule has 0 saturated carbocycles. The van der Waals surface area contributed by atoms with Gasteiger partial charge in [-0.1, -0.05) is 28.1 Å². The van der Waals surface area contributed by atoms with Gasteiger partial charge in [-0.2, -0.15) is 0 Å². The van der Waals surface area contributed by atoms with Gasteiger partial charge in [-0.25, -0.2) is 4.79 Å². The number of halogens is 1. The van der Waals surface area contributed by atoms with Crippen LogP contribution in [0.2, 0.25) is 0 Å². The van der Waals surface area contributed by atoms with E-state index in [4.69, 9.17) is 4.74 Å². The van der Waals surface area contributed by atoms with E-state index in [9.17, 15) is 4.79 Å². The first kappa shape index (κ1) is 16.0. The van der Waals surface area contributed by atoms with Crippen molar-refractivity contribution in [3.8, 4) is 0 Å². The minimum atomic E-state index is -0.451. The van der Waals surface area contributed by atoms with Crippen LogP contribution in [0.4, 0.5) is 4.79 Å². The van der Waals surface area contributed by atoms with Crippen LogP contribution in [0, 0.1) is 0 Å². The Morgan fingerprint density at radius 1 is 1.32 bits per heavy atom. The third-order valence-electron chi connectivity index (χ3n) is 2.19. The summed E-state index contributed by atoms with van der Waals surface area (Å²) in [6.45, 7) is 7.55. The molecule has 1 rings (SSSR count). The Kier molecular flexibility index (Phi) is 6.31. The summed E-state index contributed by atoms with van der Waals surface area (Å²) in [5, 5.41) is 5.96. The van der Waals surface area contributed by atoms with Crippen molar-refractivity contribution in [2.24, 2.45) is 0 Å². The summed E-state index contributed by atoms with van der Waals surface area (Å²) in [5.74, 6) is 0. The zero-order valence-electron chi connectivity index (χ0n) is 11.6. The predicted octanol–water partition coefficient (Wildman–Crippen LogP) is 3.06. The van der Waals surface area contributed by atoms with Gasteiger partial charge in [-0.15, -0.1) is 0 Å². The van der Waals surface area contributed by atoms with Gasteiger partial charge < -0.3 is 15.4 Å². The van der Waals surface area contributed by atoms with Crippen molar-refractivity contribution < 1.29 is 9.53 Å². The number of benzene rings is 1. The fourth-order valence-electron chi connectivity index (χ4n) is 1.45. The van der Waals surface area contributed by atoms with Crippen molar-refractivity contribution in [3.05, 3.63) is 34.3 Å². The van der Waals surface area contributed by atoms with Crippen LogP contribution in [0.15, 0.2) is 28.7 Å². The van der Waals surface area contributed by atoms with E-state index in [1.807, 2.05) is 32.9 Å². The first-order valence-electron chi connectivity index (χ1n) is 6.29. The highest BCUT2D eigenvalue weighted by atomic mass is 79.9. The summed E-state index contributed by atoms with van der Waals surface area (Å²) in [6.07, 6.45) is -0.378. The predicted molar refractivity (Wildman–Crippen MR) is 80.1 cm³/mol. The molecular weight excluding hydrogens is 308 g/mol. The highest BCUT2D eigenvalue weighted by molar-refractivity contribution is 9.10. The van der Waals surface area contributed by atoms with Gasteiger partial charge in [0.15, 0.2) is 0 Å². The first-order chi connectivity index (χ1) is 8.87. The molecule has 0 aromatic heterocycles. The maximum atomic E-state index is 11.4. The SMILES string of the molecule is CC(C)(C)OC(=O)NCCNCc1cccc(Br)c1. The fraction of sp³-hybridized carbons (Fsp3) is 0.500. The zero-order valence-corrected chi connectivity index (χ0v) is 13.2. The van der Waals surface area contributed by atoms with Gasteiger partial charge in [-0.05, 0) is 38.5 Å². The number of ether oxygens (including phenoxy) is 1. The Morgan fingerprint density at radius 3 is 2.68 bits per heavy atom. The maximum Gasteiger partial charge on any atom is 0.407 e. The van der Waals surface area contributed by atoms with Crippen LogP contribution in [-0.4, -0.2) is 24.8 Å². The van der Waals surface area contributed by atoms with Gasteiger partial charge in [0.05, 0.1) is 0 Å². The number of hydrogen-bond acceptors (Lipinski definition) is 3. The maximum absolute atomic E-state index is 11.4. The summed E-state index contributed by atoms with van der Waals surface area (Å²) < 4.78 is 6.20. The largest absolute Gasteiger partial charge is 0.444 e. The Hall–Kier alpha value is -1.07. The quantitative estimate of drug-likeness (QED) is 0.817. The molecule has 0 radical (unpaired) electrons. The van der Waals surface area contributed by atoms with Crippen LogP contribution in [-0.2, 0) is 11.3 Å². The number of hydrogen-bond donors (Lipinski definition) is 2. The van der Waals surface area contributed by atoms with Crippen LogP contribution < -0.4 is 10.6 Å². The Bertz CT molecular complexity index is 416. The lowest BCUT2D eigenvalue weighted by molar-refractivity contribution is 0.0528. The minimum Gasteiger partial charge on any atom is -0.444 e. The van der Waals surface area contributed by atoms with Gasteiger partial charge in [0.1, 0.15) is 5.60 Å². The molecule has 1 aromatic rings. The topological polar surface area (TPSA) is 50.4 Å². The molecule has 0 unspecified atom stereocenters. The zero-order chi connectivity index (χ0) is 14.3. The molecule has 19 heavy (non-hydrogen) atoms. The molecule has 0 atom stereocenters. The van der Waals surface area contributed by atoms with Gasteiger partial charge in [-0.3, -0.25) is 0 Å². The standard InChI is InChI=1S/C14H21BrN2O2/c1-14(2,3)19-13(18)17-8-7-16-10-11-5-4-6-12(15)9-11/h4-6,9,16H,7-8,10H2,1-3H3,(H,17,18). The molecule has 0 heterocycles. The van der Waals surface area contributed by atoms with Crippen molar-refractivity contribution in [1.82, 2.24) is 10.6 Å². The summed E-state index contributed by atoms with van der Waals surface area (Å²) >= 11 is 3.43. The normalized spacial score (nSPS) is 11.2. The molecule has 2 N–H and O–H groups in total. The molecule has 0 aliphatic carbocycles. The summed E-state index contributed by atoms with van der Waals surface area (Å²) in [6, 6.07) is 8.11. The highest BCUT2D eigenvalue weighted by Gasteiger charge is 2.15. The monoisotopic (exact) mass is 328 g/mol. The molecule has 0 fully saturated rings. The van der Waals surface area contributed by atoms with Gasteiger partial charge >= 0.3 is 6.09 Å². The second-order valence-corrected chi connectivity index (χ2v) is 6.15. The number of amides is 1. The van der Waals surface area contributed by atoms with Crippen molar-refractivity contribution in [2.45, 2.75) is 32.9 Å². The Labute approximate surface area is 123 Å². The number of alkyl carbamates (subject to hydrolysis) is 1. The van der Waals surface area contributed by atoms with E-state index in [1.54, 1.807) is 0 Å². The van der Waals surface area contributed by atoms with Gasteiger partial charge in [0.2, 0.25) is 0 Å². The summed E-state index contributed by atoms with van der Waals surface area (Å²) in [5.41, 5.74) is 0.750. The number of rotatable bonds is 5. The van der Waals surface area contributed by atoms with Crippen molar-refractivity contribution in [3.63, 3.8) is 0 Å². The lowest BCUT2D eigenvalue weighted by Crippen LogP contribution is -2.36. The smallest absolute Gasteiger partial charge is 0.407 e. The number of carbonyl (C=O) groups is 1. The van der Waals surface area contributed by atoms with Crippen LogP contribution in [0.5, 0.6) is 0 Å². The first-order valence-corrected chi connectivity index (χ1v) is 7.08. The Morgan fingerprint density at radius 2 is 2.05 bits per heavy atom. The summed E-state index contributed by atoms with van der Waals surface area (Å²) in [4.78, 5) is 11.4. The number of carbonyl (C=O) groups excluding carboxylic acids is 1. The van der Waals surface area contributed by atoms with E-state index < -0.39 is 5.60 Å². The lowest BCUT2D eigenvalue weighted by atomic mass is 10.2. The van der Waals surface area contributed by atoms with Crippen LogP contribution in [0.25, 0.3) is 0 Å². The molecule has 106 valence electrons. The third kappa shape index (κ3) is 7.85. The van der Waals surface area contributed by atoms with Crippen LogP contribution >= 0.6 is 15.9 Å². The highest BCUT2D eigenvalue weighted by Crippen LogP contribution is 2.11. The van der Waals surface area contributed by atoms with E-state index in [1.165, 1.54) is 5.56 Å². The molecule has 0 aliphatic heterocycles.